The average Bonchev–Trinajstić information content (AvgIpc) is 3.75. The molecule has 5 rings (SSSR count). The normalized spacial score (nSPS) is 16.4. The SMILES string of the molecule is Cc1ccc(NC(=O)c2cnn(C(C)(C)C)c2-c2ccc(F)cc2)cc1S(=O)(=O)N(C1CC1)C1CC1. The molecule has 0 bridgehead atoms. The van der Waals surface area contributed by atoms with Gasteiger partial charge in [0.15, 0.2) is 0 Å². The number of aromatic nitrogens is 2. The van der Waals surface area contributed by atoms with Crippen LogP contribution in [0.5, 0.6) is 0 Å². The van der Waals surface area contributed by atoms with Gasteiger partial charge in [0.1, 0.15) is 5.82 Å². The summed E-state index contributed by atoms with van der Waals surface area (Å²) in [6, 6.07) is 11.1. The van der Waals surface area contributed by atoms with Crippen LogP contribution < -0.4 is 5.32 Å². The van der Waals surface area contributed by atoms with Gasteiger partial charge in [0.05, 0.1) is 27.9 Å². The first-order chi connectivity index (χ1) is 17.0. The molecule has 2 aromatic carbocycles. The molecule has 190 valence electrons. The van der Waals surface area contributed by atoms with Gasteiger partial charge in [-0.05, 0) is 95.3 Å². The highest BCUT2D eigenvalue weighted by atomic mass is 32.2. The molecule has 36 heavy (non-hydrogen) atoms. The fourth-order valence-electron chi connectivity index (χ4n) is 4.53. The van der Waals surface area contributed by atoms with Gasteiger partial charge in [0.25, 0.3) is 5.91 Å². The molecule has 1 N–H and O–H groups in total. The third-order valence-corrected chi connectivity index (χ3v) is 8.73. The van der Waals surface area contributed by atoms with Gasteiger partial charge in [-0.25, -0.2) is 12.8 Å². The molecular formula is C27H31FN4O3S. The number of sulfonamides is 1. The number of benzene rings is 2. The number of anilines is 1. The van der Waals surface area contributed by atoms with Crippen LogP contribution in [-0.2, 0) is 15.6 Å². The Morgan fingerprint density at radius 3 is 2.22 bits per heavy atom. The fraction of sp³-hybridized carbons (Fsp3) is 0.407. The van der Waals surface area contributed by atoms with Crippen LogP contribution in [0.4, 0.5) is 10.1 Å². The number of nitrogens with one attached hydrogen (secondary N) is 1. The van der Waals surface area contributed by atoms with Crippen molar-refractivity contribution in [3.05, 3.63) is 65.6 Å². The van der Waals surface area contributed by atoms with E-state index in [0.717, 1.165) is 25.7 Å². The molecule has 2 fully saturated rings. The van der Waals surface area contributed by atoms with Crippen LogP contribution in [0, 0.1) is 12.7 Å². The highest BCUT2D eigenvalue weighted by molar-refractivity contribution is 7.89. The zero-order valence-electron chi connectivity index (χ0n) is 21.0. The third kappa shape index (κ3) is 4.69. The van der Waals surface area contributed by atoms with Gasteiger partial charge in [-0.1, -0.05) is 6.07 Å². The Morgan fingerprint density at radius 1 is 1.06 bits per heavy atom. The van der Waals surface area contributed by atoms with E-state index in [1.165, 1.54) is 18.3 Å². The van der Waals surface area contributed by atoms with E-state index in [9.17, 15) is 17.6 Å². The van der Waals surface area contributed by atoms with Crippen molar-refractivity contribution in [2.45, 2.75) is 75.9 Å². The average molecular weight is 511 g/mol. The molecule has 1 amide bonds. The first kappa shape index (κ1) is 24.6. The predicted octanol–water partition coefficient (Wildman–Crippen LogP) is 5.32. The number of aryl methyl sites for hydroxylation is 1. The molecule has 2 aliphatic rings. The summed E-state index contributed by atoms with van der Waals surface area (Å²) in [6.45, 7) is 7.68. The first-order valence-electron chi connectivity index (χ1n) is 12.3. The molecule has 3 aromatic rings. The topological polar surface area (TPSA) is 84.3 Å². The molecule has 0 spiro atoms. The fourth-order valence-corrected chi connectivity index (χ4v) is 6.71. The highest BCUT2D eigenvalue weighted by Gasteiger charge is 2.47. The second kappa shape index (κ2) is 8.81. The Morgan fingerprint density at radius 2 is 1.67 bits per heavy atom. The van der Waals surface area contributed by atoms with Gasteiger partial charge >= 0.3 is 0 Å². The Bertz CT molecular complexity index is 1400. The van der Waals surface area contributed by atoms with E-state index in [1.54, 1.807) is 46.2 Å². The Hall–Kier alpha value is -3.04. The quantitative estimate of drug-likeness (QED) is 0.466. The number of rotatable bonds is 7. The van der Waals surface area contributed by atoms with Crippen molar-refractivity contribution in [1.82, 2.24) is 14.1 Å². The minimum absolute atomic E-state index is 0.0849. The van der Waals surface area contributed by atoms with E-state index >= 15 is 0 Å². The zero-order valence-corrected chi connectivity index (χ0v) is 21.8. The molecule has 0 atom stereocenters. The standard InChI is InChI=1S/C27H31FN4O3S/c1-17-5-10-20(15-24(17)36(34,35)31(21-11-12-21)22-13-14-22)30-26(33)23-16-29-32(27(2,3)4)25(23)18-6-8-19(28)9-7-18/h5-10,15-16,21-22H,11-14H2,1-4H3,(H,30,33). The molecule has 2 saturated carbocycles. The van der Waals surface area contributed by atoms with Crippen molar-refractivity contribution < 1.29 is 17.6 Å². The zero-order chi connectivity index (χ0) is 25.8. The molecule has 1 heterocycles. The van der Waals surface area contributed by atoms with Crippen LogP contribution in [0.15, 0.2) is 53.6 Å². The van der Waals surface area contributed by atoms with Crippen LogP contribution in [0.2, 0.25) is 0 Å². The Kier molecular flexibility index (Phi) is 6.03. The smallest absolute Gasteiger partial charge is 0.259 e. The number of nitrogens with zero attached hydrogens (tertiary/aromatic N) is 3. The lowest BCUT2D eigenvalue weighted by atomic mass is 10.0. The molecule has 0 unspecified atom stereocenters. The van der Waals surface area contributed by atoms with Crippen LogP contribution in [0.1, 0.15) is 62.4 Å². The molecule has 0 radical (unpaired) electrons. The van der Waals surface area contributed by atoms with Crippen molar-refractivity contribution in [2.24, 2.45) is 0 Å². The minimum Gasteiger partial charge on any atom is -0.322 e. The molecule has 9 heteroatoms. The summed E-state index contributed by atoms with van der Waals surface area (Å²) in [4.78, 5) is 13.7. The summed E-state index contributed by atoms with van der Waals surface area (Å²) in [5, 5.41) is 7.32. The van der Waals surface area contributed by atoms with Crippen LogP contribution >= 0.6 is 0 Å². The van der Waals surface area contributed by atoms with Gasteiger partial charge in [-0.3, -0.25) is 9.48 Å². The predicted molar refractivity (Wildman–Crippen MR) is 137 cm³/mol. The van der Waals surface area contributed by atoms with E-state index in [4.69, 9.17) is 0 Å². The number of halogens is 1. The molecule has 1 aromatic heterocycles. The number of carbonyl (C=O) groups excluding carboxylic acids is 1. The van der Waals surface area contributed by atoms with Gasteiger partial charge in [-0.15, -0.1) is 0 Å². The maximum Gasteiger partial charge on any atom is 0.259 e. The largest absolute Gasteiger partial charge is 0.322 e. The maximum absolute atomic E-state index is 13.6. The molecule has 0 aliphatic heterocycles. The second-order valence-electron chi connectivity index (χ2n) is 10.7. The van der Waals surface area contributed by atoms with Crippen molar-refractivity contribution >= 4 is 21.6 Å². The van der Waals surface area contributed by atoms with E-state index in [2.05, 4.69) is 10.4 Å². The van der Waals surface area contributed by atoms with E-state index in [1.807, 2.05) is 20.8 Å². The molecule has 0 saturated heterocycles. The Labute approximate surface area is 211 Å². The summed E-state index contributed by atoms with van der Waals surface area (Å²) in [5.74, 6) is -0.787. The summed E-state index contributed by atoms with van der Waals surface area (Å²) in [6.07, 6.45) is 5.08. The van der Waals surface area contributed by atoms with E-state index < -0.39 is 21.5 Å². The third-order valence-electron chi connectivity index (χ3n) is 6.58. The minimum atomic E-state index is -3.67. The number of hydrogen-bond donors (Lipinski definition) is 1. The van der Waals surface area contributed by atoms with E-state index in [0.29, 0.717) is 28.1 Å². The van der Waals surface area contributed by atoms with Crippen molar-refractivity contribution in [3.8, 4) is 11.3 Å². The van der Waals surface area contributed by atoms with Gasteiger partial charge in [0.2, 0.25) is 10.0 Å². The lowest BCUT2D eigenvalue weighted by Gasteiger charge is -2.23. The monoisotopic (exact) mass is 510 g/mol. The maximum atomic E-state index is 13.6. The summed E-state index contributed by atoms with van der Waals surface area (Å²) >= 11 is 0. The van der Waals surface area contributed by atoms with Gasteiger partial charge in [0, 0.05) is 23.3 Å². The number of amides is 1. The molecular weight excluding hydrogens is 479 g/mol. The van der Waals surface area contributed by atoms with Gasteiger partial charge < -0.3 is 5.32 Å². The molecule has 2 aliphatic carbocycles. The summed E-state index contributed by atoms with van der Waals surface area (Å²) in [7, 11) is -3.67. The van der Waals surface area contributed by atoms with Crippen molar-refractivity contribution in [3.63, 3.8) is 0 Å². The number of carbonyl (C=O) groups is 1. The van der Waals surface area contributed by atoms with Crippen LogP contribution in [0.25, 0.3) is 11.3 Å². The van der Waals surface area contributed by atoms with Crippen LogP contribution in [-0.4, -0.2) is 40.5 Å². The first-order valence-corrected chi connectivity index (χ1v) is 13.7. The molecule has 7 nitrogen and oxygen atoms in total. The highest BCUT2D eigenvalue weighted by Crippen LogP contribution is 2.42. The lowest BCUT2D eigenvalue weighted by Crippen LogP contribution is -2.35. The number of hydrogen-bond acceptors (Lipinski definition) is 4. The van der Waals surface area contributed by atoms with Crippen molar-refractivity contribution in [2.75, 3.05) is 5.32 Å². The second-order valence-corrected chi connectivity index (χ2v) is 12.5. The van der Waals surface area contributed by atoms with Gasteiger partial charge in [-0.2, -0.15) is 9.40 Å². The lowest BCUT2D eigenvalue weighted by molar-refractivity contribution is 0.102. The summed E-state index contributed by atoms with van der Waals surface area (Å²) in [5.41, 5.74) is 2.15. The van der Waals surface area contributed by atoms with Crippen LogP contribution in [0.3, 0.4) is 0 Å². The van der Waals surface area contributed by atoms with E-state index in [-0.39, 0.29) is 22.8 Å². The van der Waals surface area contributed by atoms with Crippen molar-refractivity contribution in [1.29, 1.82) is 0 Å². The summed E-state index contributed by atoms with van der Waals surface area (Å²) < 4.78 is 44.2. The Balaban J connectivity index is 1.49.